The Kier molecular flexibility index (Phi) is 3.15. The third-order valence-electron chi connectivity index (χ3n) is 1.22. The Morgan fingerprint density at radius 2 is 2.38 bits per heavy atom. The average molecular weight is 184 g/mol. The normalized spacial score (nSPS) is 9.69. The van der Waals surface area contributed by atoms with Crippen molar-refractivity contribution < 1.29 is 13.5 Å². The Balaban J connectivity index is 2.63. The summed E-state index contributed by atoms with van der Waals surface area (Å²) >= 11 is 0. The third kappa shape index (κ3) is 3.03. The van der Waals surface area contributed by atoms with Crippen molar-refractivity contribution in [3.8, 4) is 11.9 Å². The van der Waals surface area contributed by atoms with E-state index in [1.165, 1.54) is 18.3 Å². The van der Waals surface area contributed by atoms with Crippen molar-refractivity contribution >= 4 is 0 Å². The van der Waals surface area contributed by atoms with Crippen molar-refractivity contribution in [3.63, 3.8) is 0 Å². The van der Waals surface area contributed by atoms with Gasteiger partial charge >= 0.3 is 0 Å². The van der Waals surface area contributed by atoms with Crippen molar-refractivity contribution in [2.24, 2.45) is 0 Å². The lowest BCUT2D eigenvalue weighted by Crippen LogP contribution is -2.07. The minimum absolute atomic E-state index is 0.0411. The maximum atomic E-state index is 11.7. The number of nitriles is 1. The molecule has 0 N–H and O–H groups in total. The molecule has 0 aromatic carbocycles. The van der Waals surface area contributed by atoms with E-state index >= 15 is 0 Å². The number of hydrogen-bond donors (Lipinski definition) is 0. The first-order chi connectivity index (χ1) is 6.22. The molecule has 13 heavy (non-hydrogen) atoms. The van der Waals surface area contributed by atoms with E-state index in [1.807, 2.05) is 6.07 Å². The van der Waals surface area contributed by atoms with Gasteiger partial charge in [-0.15, -0.1) is 0 Å². The first kappa shape index (κ1) is 9.39. The highest BCUT2D eigenvalue weighted by Gasteiger charge is 2.04. The minimum Gasteiger partial charge on any atom is -0.472 e. The quantitative estimate of drug-likeness (QED) is 0.716. The molecule has 0 aliphatic heterocycles. The van der Waals surface area contributed by atoms with Crippen LogP contribution in [0.5, 0.6) is 5.88 Å². The molecule has 1 aromatic rings. The molecule has 0 spiro atoms. The summed E-state index contributed by atoms with van der Waals surface area (Å²) in [6, 6.07) is 4.62. The Morgan fingerprint density at radius 3 is 3.00 bits per heavy atom. The van der Waals surface area contributed by atoms with Crippen LogP contribution < -0.4 is 4.74 Å². The van der Waals surface area contributed by atoms with Crippen LogP contribution in [0, 0.1) is 11.3 Å². The molecule has 0 saturated heterocycles. The predicted molar refractivity (Wildman–Crippen MR) is 40.5 cm³/mol. The number of halogens is 2. The van der Waals surface area contributed by atoms with Gasteiger partial charge in [-0.25, -0.2) is 13.8 Å². The lowest BCUT2D eigenvalue weighted by Gasteiger charge is -2.03. The zero-order valence-corrected chi connectivity index (χ0v) is 6.58. The van der Waals surface area contributed by atoms with Crippen LogP contribution in [0.4, 0.5) is 8.78 Å². The number of nitrogens with zero attached hydrogens (tertiary/aromatic N) is 2. The van der Waals surface area contributed by atoms with E-state index < -0.39 is 13.0 Å². The van der Waals surface area contributed by atoms with Gasteiger partial charge in [0.25, 0.3) is 6.43 Å². The number of rotatable bonds is 3. The second kappa shape index (κ2) is 4.36. The molecular formula is C8H6F2N2O. The molecular weight excluding hydrogens is 178 g/mol. The summed E-state index contributed by atoms with van der Waals surface area (Å²) in [6.45, 7) is -0.706. The number of hydrogen-bond acceptors (Lipinski definition) is 3. The van der Waals surface area contributed by atoms with E-state index in [-0.39, 0.29) is 5.88 Å². The van der Waals surface area contributed by atoms with Crippen molar-refractivity contribution in [1.82, 2.24) is 4.98 Å². The van der Waals surface area contributed by atoms with Gasteiger partial charge in [0.15, 0.2) is 6.61 Å². The molecule has 3 nitrogen and oxygen atoms in total. The van der Waals surface area contributed by atoms with E-state index in [2.05, 4.69) is 9.72 Å². The average Bonchev–Trinajstić information content (AvgIpc) is 2.15. The summed E-state index contributed by atoms with van der Waals surface area (Å²) in [6.07, 6.45) is -1.20. The summed E-state index contributed by atoms with van der Waals surface area (Å²) in [5.41, 5.74) is 0.333. The standard InChI is InChI=1S/C8H6F2N2O/c9-7(10)5-13-8-3-6(4-11)1-2-12-8/h1-3,7H,5H2. The molecule has 0 radical (unpaired) electrons. The molecule has 0 saturated carbocycles. The third-order valence-corrected chi connectivity index (χ3v) is 1.22. The molecule has 0 amide bonds. The Bertz CT molecular complexity index is 322. The molecule has 5 heteroatoms. The van der Waals surface area contributed by atoms with E-state index in [0.29, 0.717) is 5.56 Å². The van der Waals surface area contributed by atoms with Gasteiger partial charge in [0, 0.05) is 12.3 Å². The van der Waals surface area contributed by atoms with E-state index in [9.17, 15) is 8.78 Å². The smallest absolute Gasteiger partial charge is 0.272 e. The number of pyridine rings is 1. The van der Waals surface area contributed by atoms with Crippen LogP contribution in [0.3, 0.4) is 0 Å². The van der Waals surface area contributed by atoms with Crippen LogP contribution in [0.15, 0.2) is 18.3 Å². The summed E-state index contributed by atoms with van der Waals surface area (Å²) in [7, 11) is 0. The van der Waals surface area contributed by atoms with Crippen LogP contribution in [0.2, 0.25) is 0 Å². The lowest BCUT2D eigenvalue weighted by molar-refractivity contribution is 0.0796. The van der Waals surface area contributed by atoms with Gasteiger partial charge in [0.1, 0.15) is 0 Å². The maximum Gasteiger partial charge on any atom is 0.272 e. The number of alkyl halides is 2. The van der Waals surface area contributed by atoms with Crippen LogP contribution in [-0.4, -0.2) is 18.0 Å². The van der Waals surface area contributed by atoms with Crippen LogP contribution in [0.25, 0.3) is 0 Å². The second-order valence-electron chi connectivity index (χ2n) is 2.20. The lowest BCUT2D eigenvalue weighted by atomic mass is 10.3. The summed E-state index contributed by atoms with van der Waals surface area (Å²) < 4.78 is 28.0. The van der Waals surface area contributed by atoms with Crippen molar-refractivity contribution in [2.45, 2.75) is 6.43 Å². The first-order valence-corrected chi connectivity index (χ1v) is 3.49. The molecule has 0 unspecified atom stereocenters. The molecule has 68 valence electrons. The molecule has 0 fully saturated rings. The zero-order chi connectivity index (χ0) is 9.68. The van der Waals surface area contributed by atoms with Gasteiger partial charge in [0.2, 0.25) is 5.88 Å². The summed E-state index contributed by atoms with van der Waals surface area (Å²) in [4.78, 5) is 3.65. The molecule has 0 bridgehead atoms. The Hall–Kier alpha value is -1.70. The topological polar surface area (TPSA) is 45.9 Å². The molecule has 1 rings (SSSR count). The largest absolute Gasteiger partial charge is 0.472 e. The first-order valence-electron chi connectivity index (χ1n) is 3.49. The summed E-state index contributed by atoms with van der Waals surface area (Å²) in [5, 5.41) is 8.46. The fourth-order valence-electron chi connectivity index (χ4n) is 0.706. The van der Waals surface area contributed by atoms with Gasteiger partial charge in [-0.1, -0.05) is 0 Å². The fourth-order valence-corrected chi connectivity index (χ4v) is 0.706. The van der Waals surface area contributed by atoms with E-state index in [0.717, 1.165) is 0 Å². The Labute approximate surface area is 73.6 Å². The van der Waals surface area contributed by atoms with Crippen molar-refractivity contribution in [2.75, 3.05) is 6.61 Å². The van der Waals surface area contributed by atoms with Gasteiger partial charge in [-0.2, -0.15) is 5.26 Å². The van der Waals surface area contributed by atoms with Crippen LogP contribution >= 0.6 is 0 Å². The highest BCUT2D eigenvalue weighted by molar-refractivity contribution is 5.31. The predicted octanol–water partition coefficient (Wildman–Crippen LogP) is 1.60. The maximum absolute atomic E-state index is 11.7. The minimum atomic E-state index is -2.53. The molecule has 1 aromatic heterocycles. The molecule has 0 atom stereocenters. The van der Waals surface area contributed by atoms with E-state index in [4.69, 9.17) is 5.26 Å². The van der Waals surface area contributed by atoms with Gasteiger partial charge < -0.3 is 4.74 Å². The van der Waals surface area contributed by atoms with Gasteiger partial charge in [0.05, 0.1) is 11.6 Å². The Morgan fingerprint density at radius 1 is 1.62 bits per heavy atom. The highest BCUT2D eigenvalue weighted by Crippen LogP contribution is 2.09. The highest BCUT2D eigenvalue weighted by atomic mass is 19.3. The SMILES string of the molecule is N#Cc1ccnc(OCC(F)F)c1. The molecule has 0 aliphatic rings. The van der Waals surface area contributed by atoms with E-state index in [1.54, 1.807) is 0 Å². The van der Waals surface area contributed by atoms with Gasteiger partial charge in [-0.05, 0) is 6.07 Å². The van der Waals surface area contributed by atoms with Crippen LogP contribution in [-0.2, 0) is 0 Å². The number of ether oxygens (including phenoxy) is 1. The van der Waals surface area contributed by atoms with Crippen molar-refractivity contribution in [3.05, 3.63) is 23.9 Å². The monoisotopic (exact) mass is 184 g/mol. The summed E-state index contributed by atoms with van der Waals surface area (Å²) in [5.74, 6) is 0.0411. The molecule has 0 aliphatic carbocycles. The van der Waals surface area contributed by atoms with Crippen LogP contribution in [0.1, 0.15) is 5.56 Å². The zero-order valence-electron chi connectivity index (χ0n) is 6.58. The van der Waals surface area contributed by atoms with Crippen molar-refractivity contribution in [1.29, 1.82) is 5.26 Å². The van der Waals surface area contributed by atoms with Gasteiger partial charge in [-0.3, -0.25) is 0 Å². The second-order valence-corrected chi connectivity index (χ2v) is 2.20. The molecule has 1 heterocycles. The number of aromatic nitrogens is 1. The fraction of sp³-hybridized carbons (Fsp3) is 0.250.